The Kier molecular flexibility index (Phi) is 9.07. The molecule has 40 heavy (non-hydrogen) atoms. The number of rotatable bonds is 9. The van der Waals surface area contributed by atoms with Crippen LogP contribution in [0.15, 0.2) is 30.5 Å². The highest BCUT2D eigenvalue weighted by atomic mass is 32.2. The minimum Gasteiger partial charge on any atom is -0.367 e. The predicted octanol–water partition coefficient (Wildman–Crippen LogP) is 3.88. The third-order valence-corrected chi connectivity index (χ3v) is 10.7. The number of anilines is 2. The molecule has 0 spiro atoms. The number of nitrogens with one attached hydrogen (secondary N) is 1. The lowest BCUT2D eigenvalue weighted by molar-refractivity contribution is -0.209. The van der Waals surface area contributed by atoms with Gasteiger partial charge >= 0.3 is 11.2 Å². The maximum absolute atomic E-state index is 13.9. The van der Waals surface area contributed by atoms with E-state index in [0.717, 1.165) is 30.1 Å². The molecule has 0 aliphatic carbocycles. The summed E-state index contributed by atoms with van der Waals surface area (Å²) in [6.07, 6.45) is 3.60. The van der Waals surface area contributed by atoms with Crippen molar-refractivity contribution in [2.45, 2.75) is 55.4 Å². The van der Waals surface area contributed by atoms with Gasteiger partial charge in [-0.25, -0.2) is 13.2 Å². The average molecular weight is 618 g/mol. The molecule has 10 nitrogen and oxygen atoms in total. The van der Waals surface area contributed by atoms with Crippen LogP contribution in [0.3, 0.4) is 0 Å². The number of carbonyl (C=O) groups is 2. The highest BCUT2D eigenvalue weighted by molar-refractivity contribution is 8.20. The summed E-state index contributed by atoms with van der Waals surface area (Å²) in [5.74, 6) is 1.24. The van der Waals surface area contributed by atoms with Gasteiger partial charge in [0.1, 0.15) is 5.56 Å². The fraction of sp³-hybridized carbons (Fsp3) is 0.560. The van der Waals surface area contributed by atoms with E-state index in [2.05, 4.69) is 5.32 Å². The molecule has 15 heteroatoms. The number of thioether (sulfide) groups is 2. The molecule has 3 N–H and O–H groups in total. The molecule has 4 rings (SSSR count). The van der Waals surface area contributed by atoms with Gasteiger partial charge in [-0.3, -0.25) is 9.48 Å². The van der Waals surface area contributed by atoms with Gasteiger partial charge < -0.3 is 15.9 Å². The van der Waals surface area contributed by atoms with Gasteiger partial charge in [0.25, 0.3) is 5.91 Å². The summed E-state index contributed by atoms with van der Waals surface area (Å²) in [5.41, 5.74) is 4.36. The van der Waals surface area contributed by atoms with Gasteiger partial charge in [-0.15, -0.1) is 28.6 Å². The SMILES string of the molecule is CC(C)(C)C(=O)ON1CCC(CC2SCCS2)(n2cc(C(N)=O)c(Nc3ccc(C(F)(F)[SH](=O)=O)cc3)n2)CC1. The Balaban J connectivity index is 1.60. The molecule has 220 valence electrons. The second-order valence-corrected chi connectivity index (χ2v) is 14.9. The molecule has 2 fully saturated rings. The number of carbonyl (C=O) groups excluding carboxylic acids is 2. The van der Waals surface area contributed by atoms with Crippen molar-refractivity contribution < 1.29 is 31.6 Å². The van der Waals surface area contributed by atoms with Gasteiger partial charge in [0.2, 0.25) is 10.7 Å². The second-order valence-electron chi connectivity index (χ2n) is 10.9. The molecular weight excluding hydrogens is 585 g/mol. The first-order valence-corrected chi connectivity index (χ1v) is 16.0. The first-order chi connectivity index (χ1) is 18.7. The highest BCUT2D eigenvalue weighted by Crippen LogP contribution is 2.44. The Morgan fingerprint density at radius 2 is 1.75 bits per heavy atom. The van der Waals surface area contributed by atoms with Crippen LogP contribution >= 0.6 is 23.5 Å². The molecule has 2 aliphatic heterocycles. The largest absolute Gasteiger partial charge is 0.368 e. The van der Waals surface area contributed by atoms with Crippen LogP contribution in [0.4, 0.5) is 20.3 Å². The number of benzene rings is 1. The van der Waals surface area contributed by atoms with Crippen molar-refractivity contribution in [3.8, 4) is 0 Å². The molecule has 0 atom stereocenters. The Morgan fingerprint density at radius 3 is 2.27 bits per heavy atom. The van der Waals surface area contributed by atoms with Crippen LogP contribution < -0.4 is 11.1 Å². The Hall–Kier alpha value is -2.36. The average Bonchev–Trinajstić information content (AvgIpc) is 3.55. The number of halogens is 2. The molecule has 0 bridgehead atoms. The van der Waals surface area contributed by atoms with Gasteiger partial charge in [-0.05, 0) is 64.3 Å². The highest BCUT2D eigenvalue weighted by Gasteiger charge is 2.42. The molecule has 2 aromatic rings. The van der Waals surface area contributed by atoms with Crippen molar-refractivity contribution in [1.82, 2.24) is 14.8 Å². The van der Waals surface area contributed by atoms with Gasteiger partial charge in [0.15, 0.2) is 5.82 Å². The molecule has 0 unspecified atom stereocenters. The van der Waals surface area contributed by atoms with E-state index in [0.29, 0.717) is 36.2 Å². The molecule has 2 saturated heterocycles. The van der Waals surface area contributed by atoms with E-state index in [-0.39, 0.29) is 17.4 Å². The van der Waals surface area contributed by atoms with E-state index < -0.39 is 38.4 Å². The van der Waals surface area contributed by atoms with Crippen molar-refractivity contribution >= 4 is 57.6 Å². The number of hydroxylamine groups is 2. The summed E-state index contributed by atoms with van der Waals surface area (Å²) in [4.78, 5) is 30.4. The fourth-order valence-corrected chi connectivity index (χ4v) is 7.97. The van der Waals surface area contributed by atoms with Gasteiger partial charge in [0, 0.05) is 42.0 Å². The van der Waals surface area contributed by atoms with Gasteiger partial charge in [0.05, 0.1) is 15.5 Å². The van der Waals surface area contributed by atoms with E-state index in [1.807, 2.05) is 23.5 Å². The van der Waals surface area contributed by atoms with E-state index >= 15 is 0 Å². The summed E-state index contributed by atoms with van der Waals surface area (Å²) in [6, 6.07) is 4.57. The Labute approximate surface area is 241 Å². The zero-order chi connectivity index (χ0) is 29.3. The third kappa shape index (κ3) is 6.74. The summed E-state index contributed by atoms with van der Waals surface area (Å²) in [5, 5.41) is 5.35. The Morgan fingerprint density at radius 1 is 1.15 bits per heavy atom. The molecule has 1 amide bonds. The number of alkyl halides is 2. The minimum atomic E-state index is -3.99. The third-order valence-electron chi connectivity index (χ3n) is 6.90. The number of nitrogens with two attached hydrogens (primary N) is 1. The standard InChI is InChI=1S/C25H33F2N5O5S3/c1-23(2,3)22(34)37-31-10-8-24(9-11-31,14-19-38-12-13-39-19)32-15-18(20(28)33)21(30-32)29-17-6-4-16(5-7-17)25(26,27)40(35)36/h4-7,15,19,40H,8-14H2,1-3H3,(H2,28,33)(H,29,30). The molecule has 1 aromatic carbocycles. The maximum Gasteiger partial charge on any atom is 0.368 e. The predicted molar refractivity (Wildman–Crippen MR) is 152 cm³/mol. The number of thiol groups is 1. The summed E-state index contributed by atoms with van der Waals surface area (Å²) >= 11 is 3.76. The summed E-state index contributed by atoms with van der Waals surface area (Å²) < 4.78 is 51.6. The molecule has 0 saturated carbocycles. The van der Waals surface area contributed by atoms with E-state index in [9.17, 15) is 26.8 Å². The van der Waals surface area contributed by atoms with Crippen LogP contribution in [0.1, 0.15) is 56.0 Å². The van der Waals surface area contributed by atoms with Crippen LogP contribution in [-0.4, -0.2) is 64.3 Å². The van der Waals surface area contributed by atoms with Crippen molar-refractivity contribution in [2.24, 2.45) is 11.1 Å². The number of hydrogen-bond acceptors (Lipinski definition) is 10. The molecule has 1 aromatic heterocycles. The lowest BCUT2D eigenvalue weighted by atomic mass is 9.85. The van der Waals surface area contributed by atoms with Crippen LogP contribution in [0.5, 0.6) is 0 Å². The van der Waals surface area contributed by atoms with Crippen LogP contribution in [-0.2, 0) is 31.1 Å². The van der Waals surface area contributed by atoms with Crippen LogP contribution in [0, 0.1) is 5.41 Å². The van der Waals surface area contributed by atoms with Crippen molar-refractivity contribution in [3.05, 3.63) is 41.6 Å². The lowest BCUT2D eigenvalue weighted by Crippen LogP contribution is -2.48. The fourth-order valence-electron chi connectivity index (χ4n) is 4.50. The van der Waals surface area contributed by atoms with Crippen molar-refractivity contribution in [1.29, 1.82) is 0 Å². The normalized spacial score (nSPS) is 18.6. The van der Waals surface area contributed by atoms with Crippen LogP contribution in [0.25, 0.3) is 0 Å². The van der Waals surface area contributed by atoms with Gasteiger partial charge in [-0.2, -0.15) is 13.9 Å². The molecule has 2 aliphatic rings. The van der Waals surface area contributed by atoms with Gasteiger partial charge in [-0.1, -0.05) is 0 Å². The molecule has 3 heterocycles. The smallest absolute Gasteiger partial charge is 0.367 e. The van der Waals surface area contributed by atoms with Crippen molar-refractivity contribution in [2.75, 3.05) is 29.9 Å². The number of amides is 1. The van der Waals surface area contributed by atoms with E-state index in [1.54, 1.807) is 36.7 Å². The summed E-state index contributed by atoms with van der Waals surface area (Å²) in [6.45, 7) is 6.36. The lowest BCUT2D eigenvalue weighted by Gasteiger charge is -2.42. The number of aromatic nitrogens is 2. The molecule has 0 radical (unpaired) electrons. The van der Waals surface area contributed by atoms with E-state index in [4.69, 9.17) is 15.7 Å². The quantitative estimate of drug-likeness (QED) is 0.356. The van der Waals surface area contributed by atoms with Crippen molar-refractivity contribution in [3.63, 3.8) is 0 Å². The minimum absolute atomic E-state index is 0.129. The second kappa shape index (κ2) is 11.9. The molecular formula is C25H33F2N5O5S3. The monoisotopic (exact) mass is 617 g/mol. The zero-order valence-electron chi connectivity index (χ0n) is 22.4. The number of nitrogens with zero attached hydrogens (tertiary/aromatic N) is 3. The first kappa shape index (κ1) is 30.6. The number of piperidine rings is 1. The van der Waals surface area contributed by atoms with Crippen LogP contribution in [0.2, 0.25) is 0 Å². The topological polar surface area (TPSA) is 137 Å². The number of hydrogen-bond donors (Lipinski definition) is 3. The Bertz CT molecular complexity index is 1310. The maximum atomic E-state index is 13.9. The number of primary amides is 1. The summed E-state index contributed by atoms with van der Waals surface area (Å²) in [7, 11) is -3.99. The first-order valence-electron chi connectivity index (χ1n) is 12.7. The van der Waals surface area contributed by atoms with E-state index in [1.165, 1.54) is 12.1 Å². The zero-order valence-corrected chi connectivity index (χ0v) is 24.9.